The molecular formula is C65H126O6. The van der Waals surface area contributed by atoms with Crippen molar-refractivity contribution in [3.63, 3.8) is 0 Å². The zero-order valence-corrected chi connectivity index (χ0v) is 48.5. The van der Waals surface area contributed by atoms with E-state index in [0.717, 1.165) is 57.8 Å². The Bertz CT molecular complexity index is 1060. The molecule has 0 aromatic rings. The van der Waals surface area contributed by atoms with Crippen LogP contribution in [0.15, 0.2) is 0 Å². The summed E-state index contributed by atoms with van der Waals surface area (Å²) >= 11 is 0. The number of ether oxygens (including phenoxy) is 3. The van der Waals surface area contributed by atoms with Crippen molar-refractivity contribution in [2.45, 2.75) is 386 Å². The molecule has 0 spiro atoms. The van der Waals surface area contributed by atoms with Gasteiger partial charge >= 0.3 is 17.9 Å². The fraction of sp³-hybridized carbons (Fsp3) is 0.954. The molecule has 422 valence electrons. The normalized spacial score (nSPS) is 11.9. The van der Waals surface area contributed by atoms with Crippen LogP contribution in [0.3, 0.4) is 0 Å². The van der Waals surface area contributed by atoms with Crippen molar-refractivity contribution in [2.24, 2.45) is 0 Å². The zero-order chi connectivity index (χ0) is 51.4. The molecule has 0 rings (SSSR count). The van der Waals surface area contributed by atoms with Gasteiger partial charge in [0.25, 0.3) is 0 Å². The first-order valence-corrected chi connectivity index (χ1v) is 32.5. The highest BCUT2D eigenvalue weighted by Gasteiger charge is 2.19. The van der Waals surface area contributed by atoms with E-state index >= 15 is 0 Å². The lowest BCUT2D eigenvalue weighted by atomic mass is 10.0. The molecule has 0 N–H and O–H groups in total. The number of rotatable bonds is 61. The Morgan fingerprint density at radius 3 is 0.563 bits per heavy atom. The quantitative estimate of drug-likeness (QED) is 0.0343. The second-order valence-electron chi connectivity index (χ2n) is 22.4. The lowest BCUT2D eigenvalue weighted by Gasteiger charge is -2.18. The van der Waals surface area contributed by atoms with Crippen LogP contribution in [0.5, 0.6) is 0 Å². The molecule has 0 amide bonds. The minimum Gasteiger partial charge on any atom is -0.462 e. The van der Waals surface area contributed by atoms with Crippen LogP contribution in [-0.2, 0) is 28.6 Å². The molecule has 0 heterocycles. The first-order chi connectivity index (χ1) is 35.0. The fourth-order valence-electron chi connectivity index (χ4n) is 10.2. The summed E-state index contributed by atoms with van der Waals surface area (Å²) in [5.41, 5.74) is 0. The Morgan fingerprint density at radius 2 is 0.380 bits per heavy atom. The summed E-state index contributed by atoms with van der Waals surface area (Å²) in [5, 5.41) is 0. The average Bonchev–Trinajstić information content (AvgIpc) is 3.37. The van der Waals surface area contributed by atoms with Gasteiger partial charge in [0.1, 0.15) is 13.2 Å². The van der Waals surface area contributed by atoms with Gasteiger partial charge in [-0.3, -0.25) is 14.4 Å². The van der Waals surface area contributed by atoms with Crippen LogP contribution < -0.4 is 0 Å². The van der Waals surface area contributed by atoms with Crippen molar-refractivity contribution in [3.8, 4) is 0 Å². The predicted molar refractivity (Wildman–Crippen MR) is 307 cm³/mol. The number of hydrogen-bond acceptors (Lipinski definition) is 6. The Labute approximate surface area is 444 Å². The molecule has 0 aliphatic rings. The average molecular weight is 1000 g/mol. The van der Waals surface area contributed by atoms with Crippen LogP contribution in [0.4, 0.5) is 0 Å². The van der Waals surface area contributed by atoms with Gasteiger partial charge in [-0.1, -0.05) is 342 Å². The van der Waals surface area contributed by atoms with Gasteiger partial charge in [-0.05, 0) is 19.3 Å². The van der Waals surface area contributed by atoms with Gasteiger partial charge in [0.2, 0.25) is 0 Å². The third-order valence-electron chi connectivity index (χ3n) is 15.1. The summed E-state index contributed by atoms with van der Waals surface area (Å²) in [4.78, 5) is 38.0. The topological polar surface area (TPSA) is 78.9 Å². The molecule has 0 aromatic heterocycles. The Hall–Kier alpha value is -1.59. The fourth-order valence-corrected chi connectivity index (χ4v) is 10.2. The van der Waals surface area contributed by atoms with Gasteiger partial charge in [0, 0.05) is 19.3 Å². The van der Waals surface area contributed by atoms with E-state index in [0.29, 0.717) is 19.3 Å². The summed E-state index contributed by atoms with van der Waals surface area (Å²) in [6.07, 6.45) is 70.2. The summed E-state index contributed by atoms with van der Waals surface area (Å²) < 4.78 is 16.8. The molecule has 0 bridgehead atoms. The molecule has 0 aromatic carbocycles. The summed E-state index contributed by atoms with van der Waals surface area (Å²) in [7, 11) is 0. The maximum atomic E-state index is 12.8. The number of unbranched alkanes of at least 4 members (excludes halogenated alkanes) is 50. The van der Waals surface area contributed by atoms with Gasteiger partial charge in [0.15, 0.2) is 6.10 Å². The van der Waals surface area contributed by atoms with Crippen molar-refractivity contribution in [1.29, 1.82) is 0 Å². The largest absolute Gasteiger partial charge is 0.462 e. The highest BCUT2D eigenvalue weighted by molar-refractivity contribution is 5.71. The minimum atomic E-state index is -0.760. The van der Waals surface area contributed by atoms with E-state index in [1.165, 1.54) is 283 Å². The standard InChI is InChI=1S/C65H126O6/c1-4-7-10-13-16-19-21-23-24-25-26-27-28-29-30-31-32-33-34-35-36-37-38-39-40-41-43-44-46-49-52-55-58-64(67)70-61-62(60-69-63(66)57-54-51-48-18-15-12-9-6-3)71-65(68)59-56-53-50-47-45-42-22-20-17-14-11-8-5-2/h62H,4-61H2,1-3H3. The second kappa shape index (κ2) is 61.0. The van der Waals surface area contributed by atoms with Crippen LogP contribution >= 0.6 is 0 Å². The molecule has 6 nitrogen and oxygen atoms in total. The summed E-state index contributed by atoms with van der Waals surface area (Å²) in [6.45, 7) is 6.68. The highest BCUT2D eigenvalue weighted by atomic mass is 16.6. The summed E-state index contributed by atoms with van der Waals surface area (Å²) in [6, 6.07) is 0. The van der Waals surface area contributed by atoms with Crippen molar-refractivity contribution in [3.05, 3.63) is 0 Å². The van der Waals surface area contributed by atoms with Crippen molar-refractivity contribution in [1.82, 2.24) is 0 Å². The molecule has 1 atom stereocenters. The number of esters is 3. The van der Waals surface area contributed by atoms with E-state index in [-0.39, 0.29) is 31.1 Å². The minimum absolute atomic E-state index is 0.0617. The van der Waals surface area contributed by atoms with Crippen molar-refractivity contribution in [2.75, 3.05) is 13.2 Å². The monoisotopic (exact) mass is 1000 g/mol. The van der Waals surface area contributed by atoms with Gasteiger partial charge in [-0.15, -0.1) is 0 Å². The molecule has 0 saturated heterocycles. The maximum Gasteiger partial charge on any atom is 0.306 e. The van der Waals surface area contributed by atoms with Gasteiger partial charge in [-0.2, -0.15) is 0 Å². The van der Waals surface area contributed by atoms with Crippen LogP contribution in [0.2, 0.25) is 0 Å². The second-order valence-corrected chi connectivity index (χ2v) is 22.4. The number of carbonyl (C=O) groups is 3. The zero-order valence-electron chi connectivity index (χ0n) is 48.5. The van der Waals surface area contributed by atoms with E-state index < -0.39 is 6.10 Å². The first-order valence-electron chi connectivity index (χ1n) is 32.5. The molecule has 0 aliphatic heterocycles. The van der Waals surface area contributed by atoms with Crippen molar-refractivity contribution >= 4 is 17.9 Å². The predicted octanol–water partition coefficient (Wildman–Crippen LogP) is 21.9. The van der Waals surface area contributed by atoms with Crippen LogP contribution in [0.1, 0.15) is 380 Å². The first kappa shape index (κ1) is 69.4. The smallest absolute Gasteiger partial charge is 0.306 e. The Morgan fingerprint density at radius 1 is 0.225 bits per heavy atom. The molecule has 0 saturated carbocycles. The lowest BCUT2D eigenvalue weighted by molar-refractivity contribution is -0.167. The van der Waals surface area contributed by atoms with Gasteiger partial charge in [0.05, 0.1) is 0 Å². The van der Waals surface area contributed by atoms with Crippen molar-refractivity contribution < 1.29 is 28.6 Å². The number of hydrogen-bond donors (Lipinski definition) is 0. The molecule has 71 heavy (non-hydrogen) atoms. The Balaban J connectivity index is 3.92. The third kappa shape index (κ3) is 59.2. The number of carbonyl (C=O) groups excluding carboxylic acids is 3. The van der Waals surface area contributed by atoms with E-state index in [1.807, 2.05) is 0 Å². The lowest BCUT2D eigenvalue weighted by Crippen LogP contribution is -2.30. The molecule has 0 radical (unpaired) electrons. The Kier molecular flexibility index (Phi) is 59.6. The molecule has 0 aliphatic carbocycles. The highest BCUT2D eigenvalue weighted by Crippen LogP contribution is 2.19. The van der Waals surface area contributed by atoms with E-state index in [2.05, 4.69) is 20.8 Å². The SMILES string of the molecule is CCCCCCCCCCCCCCCCCCCCCCCCCCCCCCCCCCC(=O)OCC(COC(=O)CCCCCCCCCC)OC(=O)CCCCCCCCCCCCCCC. The van der Waals surface area contributed by atoms with Crippen LogP contribution in [-0.4, -0.2) is 37.2 Å². The van der Waals surface area contributed by atoms with Crippen LogP contribution in [0, 0.1) is 0 Å². The van der Waals surface area contributed by atoms with E-state index in [1.54, 1.807) is 0 Å². The molecule has 6 heteroatoms. The van der Waals surface area contributed by atoms with Gasteiger partial charge < -0.3 is 14.2 Å². The summed E-state index contributed by atoms with van der Waals surface area (Å²) in [5.74, 6) is -0.839. The van der Waals surface area contributed by atoms with E-state index in [9.17, 15) is 14.4 Å². The molecule has 0 fully saturated rings. The maximum absolute atomic E-state index is 12.8. The van der Waals surface area contributed by atoms with E-state index in [4.69, 9.17) is 14.2 Å². The molecular weight excluding hydrogens is 877 g/mol. The van der Waals surface area contributed by atoms with Gasteiger partial charge in [-0.25, -0.2) is 0 Å². The molecule has 1 unspecified atom stereocenters. The third-order valence-corrected chi connectivity index (χ3v) is 15.1. The van der Waals surface area contributed by atoms with Crippen LogP contribution in [0.25, 0.3) is 0 Å².